The van der Waals surface area contributed by atoms with Crippen LogP contribution in [0.3, 0.4) is 0 Å². The van der Waals surface area contributed by atoms with Crippen LogP contribution in [0.15, 0.2) is 21.1 Å². The summed E-state index contributed by atoms with van der Waals surface area (Å²) in [6.07, 6.45) is 0. The second-order valence-electron chi connectivity index (χ2n) is 6.37. The van der Waals surface area contributed by atoms with Gasteiger partial charge in [-0.25, -0.2) is 9.78 Å². The van der Waals surface area contributed by atoms with Gasteiger partial charge in [0.1, 0.15) is 17.1 Å². The van der Waals surface area contributed by atoms with Crippen LogP contribution in [0.4, 0.5) is 0 Å². The molecule has 0 fully saturated rings. The summed E-state index contributed by atoms with van der Waals surface area (Å²) in [6.45, 7) is 7.32. The Morgan fingerprint density at radius 3 is 2.58 bits per heavy atom. The van der Waals surface area contributed by atoms with Gasteiger partial charge in [-0.1, -0.05) is 19.0 Å². The Morgan fingerprint density at radius 1 is 1.23 bits per heavy atom. The fourth-order valence-corrected chi connectivity index (χ4v) is 2.69. The third kappa shape index (κ3) is 3.17. The molecule has 8 heteroatoms. The van der Waals surface area contributed by atoms with E-state index >= 15 is 0 Å². The zero-order valence-corrected chi connectivity index (χ0v) is 14.9. The molecule has 0 aliphatic carbocycles. The molecule has 3 rings (SSSR count). The number of aromatic nitrogens is 2. The first-order valence-corrected chi connectivity index (χ1v) is 8.15. The molecule has 0 saturated carbocycles. The minimum atomic E-state index is -1.07. The number of carboxylic acids is 1. The number of carbonyl (C=O) groups is 2. The molecule has 136 valence electrons. The van der Waals surface area contributed by atoms with Crippen LogP contribution in [0.1, 0.15) is 63.4 Å². The maximum Gasteiger partial charge on any atom is 0.339 e. The summed E-state index contributed by atoms with van der Waals surface area (Å²) in [6, 6.07) is 3.13. The summed E-state index contributed by atoms with van der Waals surface area (Å²) in [7, 11) is 0. The third-order valence-electron chi connectivity index (χ3n) is 4.10. The minimum absolute atomic E-state index is 0.0676. The monoisotopic (exact) mass is 357 g/mol. The number of nitrogens with one attached hydrogen (secondary N) is 1. The van der Waals surface area contributed by atoms with E-state index in [9.17, 15) is 9.59 Å². The Morgan fingerprint density at radius 2 is 1.96 bits per heavy atom. The fraction of sp³-hybridized carbons (Fsp3) is 0.333. The van der Waals surface area contributed by atoms with Crippen LogP contribution < -0.4 is 5.32 Å². The number of pyridine rings is 1. The van der Waals surface area contributed by atoms with Gasteiger partial charge in [-0.2, -0.15) is 0 Å². The van der Waals surface area contributed by atoms with Gasteiger partial charge in [-0.15, -0.1) is 0 Å². The van der Waals surface area contributed by atoms with Crippen molar-refractivity contribution in [1.29, 1.82) is 0 Å². The van der Waals surface area contributed by atoms with Crippen molar-refractivity contribution in [2.24, 2.45) is 0 Å². The normalized spacial score (nSPS) is 11.3. The maximum absolute atomic E-state index is 12.7. The molecule has 0 spiro atoms. The lowest BCUT2D eigenvalue weighted by Gasteiger charge is -2.09. The smallest absolute Gasteiger partial charge is 0.339 e. The summed E-state index contributed by atoms with van der Waals surface area (Å²) in [4.78, 5) is 28.2. The van der Waals surface area contributed by atoms with E-state index in [-0.39, 0.29) is 23.9 Å². The predicted octanol–water partition coefficient (Wildman–Crippen LogP) is 3.18. The van der Waals surface area contributed by atoms with Gasteiger partial charge in [0.2, 0.25) is 0 Å². The van der Waals surface area contributed by atoms with Crippen molar-refractivity contribution >= 4 is 23.0 Å². The Hall–Kier alpha value is -3.16. The first kappa shape index (κ1) is 17.7. The molecule has 0 unspecified atom stereocenters. The molecule has 3 heterocycles. The number of fused-ring (bicyclic) bond motifs is 1. The highest BCUT2D eigenvalue weighted by Gasteiger charge is 2.20. The van der Waals surface area contributed by atoms with Gasteiger partial charge in [0, 0.05) is 5.69 Å². The van der Waals surface area contributed by atoms with E-state index in [1.165, 1.54) is 6.07 Å². The van der Waals surface area contributed by atoms with Gasteiger partial charge in [-0.05, 0) is 31.9 Å². The number of furan rings is 1. The lowest BCUT2D eigenvalue weighted by Crippen LogP contribution is -2.23. The number of hydrogen-bond donors (Lipinski definition) is 2. The van der Waals surface area contributed by atoms with E-state index in [2.05, 4.69) is 15.5 Å². The molecule has 0 aliphatic rings. The number of nitrogens with zero attached hydrogens (tertiary/aromatic N) is 2. The molecular formula is C18H19N3O5. The van der Waals surface area contributed by atoms with Crippen LogP contribution in [-0.2, 0) is 6.54 Å². The van der Waals surface area contributed by atoms with E-state index in [1.807, 2.05) is 13.8 Å². The highest BCUT2D eigenvalue weighted by atomic mass is 16.5. The molecule has 8 nitrogen and oxygen atoms in total. The van der Waals surface area contributed by atoms with Gasteiger partial charge in [0.05, 0.1) is 23.2 Å². The summed E-state index contributed by atoms with van der Waals surface area (Å²) in [5.74, 6) is -0.630. The molecular weight excluding hydrogens is 338 g/mol. The quantitative estimate of drug-likeness (QED) is 0.720. The molecule has 1 amide bonds. The Labute approximate surface area is 149 Å². The molecule has 3 aromatic heterocycles. The van der Waals surface area contributed by atoms with Gasteiger partial charge in [0.25, 0.3) is 11.6 Å². The van der Waals surface area contributed by atoms with Gasteiger partial charge < -0.3 is 19.4 Å². The molecule has 0 bridgehead atoms. The van der Waals surface area contributed by atoms with E-state index in [1.54, 1.807) is 19.9 Å². The minimum Gasteiger partial charge on any atom is -0.478 e. The number of amides is 1. The molecule has 0 atom stereocenters. The van der Waals surface area contributed by atoms with Gasteiger partial charge in [-0.3, -0.25) is 4.79 Å². The zero-order valence-electron chi connectivity index (χ0n) is 14.9. The van der Waals surface area contributed by atoms with Crippen LogP contribution in [0.2, 0.25) is 0 Å². The number of carbonyl (C=O) groups excluding carboxylic acids is 1. The second-order valence-corrected chi connectivity index (χ2v) is 6.37. The number of aryl methyl sites for hydroxylation is 2. The fourth-order valence-electron chi connectivity index (χ4n) is 2.69. The molecule has 0 radical (unpaired) electrons. The van der Waals surface area contributed by atoms with E-state index in [4.69, 9.17) is 14.0 Å². The highest BCUT2D eigenvalue weighted by Crippen LogP contribution is 2.25. The zero-order chi connectivity index (χ0) is 19.0. The van der Waals surface area contributed by atoms with E-state index in [0.717, 1.165) is 5.69 Å². The third-order valence-corrected chi connectivity index (χ3v) is 4.10. The molecule has 3 aromatic rings. The van der Waals surface area contributed by atoms with Crippen LogP contribution in [-0.4, -0.2) is 27.1 Å². The van der Waals surface area contributed by atoms with Crippen molar-refractivity contribution in [2.45, 2.75) is 40.2 Å². The second kappa shape index (κ2) is 6.62. The van der Waals surface area contributed by atoms with Crippen molar-refractivity contribution in [3.63, 3.8) is 0 Å². The summed E-state index contributed by atoms with van der Waals surface area (Å²) in [5, 5.41) is 16.3. The molecule has 0 aromatic carbocycles. The lowest BCUT2D eigenvalue weighted by molar-refractivity contribution is 0.0694. The SMILES string of the molecule is Cc1oc(CNC(=O)c2cc(C(C)C)nc3onc(C)c23)cc1C(=O)O. The van der Waals surface area contributed by atoms with Crippen LogP contribution in [0.25, 0.3) is 11.1 Å². The molecule has 26 heavy (non-hydrogen) atoms. The summed E-state index contributed by atoms with van der Waals surface area (Å²) >= 11 is 0. The van der Waals surface area contributed by atoms with E-state index < -0.39 is 5.97 Å². The van der Waals surface area contributed by atoms with Crippen molar-refractivity contribution in [2.75, 3.05) is 0 Å². The maximum atomic E-state index is 12.7. The van der Waals surface area contributed by atoms with Crippen molar-refractivity contribution in [3.05, 3.63) is 46.2 Å². The van der Waals surface area contributed by atoms with Crippen molar-refractivity contribution in [1.82, 2.24) is 15.5 Å². The van der Waals surface area contributed by atoms with Crippen LogP contribution in [0, 0.1) is 13.8 Å². The standard InChI is InChI=1S/C18H19N3O5/c1-8(2)14-6-13(15-9(3)21-26-17(15)20-14)16(22)19-7-11-5-12(18(23)24)10(4)25-11/h5-6,8H,7H2,1-4H3,(H,19,22)(H,23,24). The first-order chi connectivity index (χ1) is 12.3. The number of hydrogen-bond acceptors (Lipinski definition) is 6. The van der Waals surface area contributed by atoms with Crippen LogP contribution >= 0.6 is 0 Å². The van der Waals surface area contributed by atoms with Crippen LogP contribution in [0.5, 0.6) is 0 Å². The summed E-state index contributed by atoms with van der Waals surface area (Å²) < 4.78 is 10.6. The average molecular weight is 357 g/mol. The largest absolute Gasteiger partial charge is 0.478 e. The first-order valence-electron chi connectivity index (χ1n) is 8.15. The average Bonchev–Trinajstić information content (AvgIpc) is 3.15. The van der Waals surface area contributed by atoms with Gasteiger partial charge >= 0.3 is 5.97 Å². The number of carboxylic acid groups (broad SMARTS) is 1. The summed E-state index contributed by atoms with van der Waals surface area (Å²) in [5.41, 5.74) is 2.12. The predicted molar refractivity (Wildman–Crippen MR) is 92.2 cm³/mol. The van der Waals surface area contributed by atoms with Gasteiger partial charge in [0.15, 0.2) is 0 Å². The Kier molecular flexibility index (Phi) is 4.50. The number of rotatable bonds is 5. The number of aromatic carboxylic acids is 1. The molecule has 2 N–H and O–H groups in total. The molecule has 0 aliphatic heterocycles. The molecule has 0 saturated heterocycles. The Balaban J connectivity index is 1.89. The highest BCUT2D eigenvalue weighted by molar-refractivity contribution is 6.06. The van der Waals surface area contributed by atoms with E-state index in [0.29, 0.717) is 33.9 Å². The van der Waals surface area contributed by atoms with Crippen molar-refractivity contribution in [3.8, 4) is 0 Å². The topological polar surface area (TPSA) is 118 Å². The van der Waals surface area contributed by atoms with Crippen molar-refractivity contribution < 1.29 is 23.6 Å². The Bertz CT molecular complexity index is 1000. The lowest BCUT2D eigenvalue weighted by atomic mass is 10.0.